The van der Waals surface area contributed by atoms with Crippen LogP contribution in [-0.4, -0.2) is 43.7 Å². The summed E-state index contributed by atoms with van der Waals surface area (Å²) in [6.07, 6.45) is -0.246. The molecule has 1 amide bonds. The number of halogens is 1. The van der Waals surface area contributed by atoms with Crippen LogP contribution >= 0.6 is 11.6 Å². The fraction of sp³-hybridized carbons (Fsp3) is 0.312. The molecule has 1 fully saturated rings. The van der Waals surface area contributed by atoms with Gasteiger partial charge in [-0.1, -0.05) is 16.8 Å². The molecule has 124 valence electrons. The van der Waals surface area contributed by atoms with Crippen LogP contribution in [0.5, 0.6) is 0 Å². The number of carbonyl (C=O) groups is 1. The lowest BCUT2D eigenvalue weighted by atomic mass is 10.2. The Morgan fingerprint density at radius 2 is 2.29 bits per heavy atom. The number of H-pyrrole nitrogens is 1. The van der Waals surface area contributed by atoms with Crippen molar-refractivity contribution in [2.24, 2.45) is 0 Å². The molecule has 2 aromatic heterocycles. The van der Waals surface area contributed by atoms with Crippen molar-refractivity contribution >= 4 is 28.4 Å². The zero-order chi connectivity index (χ0) is 16.8. The molecule has 3 aromatic rings. The highest BCUT2D eigenvalue weighted by Crippen LogP contribution is 2.33. The fourth-order valence-corrected chi connectivity index (χ4v) is 3.27. The Hall–Kier alpha value is -2.38. The number of nitrogens with one attached hydrogen (secondary N) is 1. The molecule has 1 aliphatic heterocycles. The number of carbonyl (C=O) groups excluding carboxylic acids is 1. The van der Waals surface area contributed by atoms with Gasteiger partial charge in [0.25, 0.3) is 5.91 Å². The van der Waals surface area contributed by atoms with Crippen molar-refractivity contribution in [2.45, 2.75) is 25.5 Å². The van der Waals surface area contributed by atoms with Crippen LogP contribution < -0.4 is 0 Å². The summed E-state index contributed by atoms with van der Waals surface area (Å²) in [4.78, 5) is 21.7. The van der Waals surface area contributed by atoms with Crippen molar-refractivity contribution in [1.82, 2.24) is 20.0 Å². The van der Waals surface area contributed by atoms with Gasteiger partial charge in [0.15, 0.2) is 5.82 Å². The van der Waals surface area contributed by atoms with Crippen molar-refractivity contribution in [2.75, 3.05) is 6.54 Å². The topological polar surface area (TPSA) is 95.3 Å². The largest absolute Gasteiger partial charge is 0.391 e. The molecule has 0 saturated carbocycles. The smallest absolute Gasteiger partial charge is 0.271 e. The van der Waals surface area contributed by atoms with Gasteiger partial charge >= 0.3 is 0 Å². The standard InChI is InChI=1S/C16H15ClN4O3/c1-8-18-15(24-20-8)14-6-11(22)7-21(14)16(23)13-5-9-4-10(17)2-3-12(9)19-13/h2-5,11,14,19,22H,6-7H2,1H3/t11-,14+/m0/s1. The Kier molecular flexibility index (Phi) is 3.54. The number of hydrogen-bond donors (Lipinski definition) is 2. The second kappa shape index (κ2) is 5.61. The van der Waals surface area contributed by atoms with Crippen LogP contribution in [0.1, 0.15) is 34.7 Å². The molecule has 0 aliphatic carbocycles. The Labute approximate surface area is 142 Å². The van der Waals surface area contributed by atoms with E-state index < -0.39 is 12.1 Å². The second-order valence-electron chi connectivity index (χ2n) is 5.96. The molecule has 2 atom stereocenters. The lowest BCUT2D eigenvalue weighted by Crippen LogP contribution is -2.32. The number of fused-ring (bicyclic) bond motifs is 1. The van der Waals surface area contributed by atoms with Crippen LogP contribution in [-0.2, 0) is 0 Å². The average Bonchev–Trinajstić information content (AvgIpc) is 3.23. The summed E-state index contributed by atoms with van der Waals surface area (Å²) in [6.45, 7) is 1.94. The number of benzene rings is 1. The maximum atomic E-state index is 12.9. The van der Waals surface area contributed by atoms with Crippen molar-refractivity contribution in [3.63, 3.8) is 0 Å². The van der Waals surface area contributed by atoms with Gasteiger partial charge in [0, 0.05) is 28.9 Å². The van der Waals surface area contributed by atoms with E-state index in [4.69, 9.17) is 16.1 Å². The van der Waals surface area contributed by atoms with Gasteiger partial charge in [0.05, 0.1) is 6.10 Å². The predicted molar refractivity (Wildman–Crippen MR) is 86.7 cm³/mol. The maximum absolute atomic E-state index is 12.9. The van der Waals surface area contributed by atoms with E-state index in [1.54, 1.807) is 30.0 Å². The third-order valence-electron chi connectivity index (χ3n) is 4.18. The van der Waals surface area contributed by atoms with Crippen LogP contribution in [0.25, 0.3) is 10.9 Å². The Morgan fingerprint density at radius 1 is 1.46 bits per heavy atom. The van der Waals surface area contributed by atoms with E-state index in [1.165, 1.54) is 0 Å². The first-order chi connectivity index (χ1) is 11.5. The summed E-state index contributed by atoms with van der Waals surface area (Å²) in [5, 5.41) is 15.2. The monoisotopic (exact) mass is 346 g/mol. The number of aliphatic hydroxyl groups is 1. The van der Waals surface area contributed by atoms with Gasteiger partial charge in [-0.2, -0.15) is 4.98 Å². The molecule has 4 rings (SSSR count). The zero-order valence-electron chi connectivity index (χ0n) is 12.9. The first-order valence-corrected chi connectivity index (χ1v) is 7.96. The SMILES string of the molecule is Cc1noc([C@H]2C[C@H](O)CN2C(=O)c2cc3cc(Cl)ccc3[nH]2)n1. The summed E-state index contributed by atoms with van der Waals surface area (Å²) in [5.74, 6) is 0.621. The van der Waals surface area contributed by atoms with Gasteiger partial charge in [-0.3, -0.25) is 4.79 Å². The van der Waals surface area contributed by atoms with Crippen LogP contribution in [0.4, 0.5) is 0 Å². The summed E-state index contributed by atoms with van der Waals surface area (Å²) in [7, 11) is 0. The van der Waals surface area contributed by atoms with Gasteiger partial charge in [0.2, 0.25) is 5.89 Å². The maximum Gasteiger partial charge on any atom is 0.271 e. The minimum Gasteiger partial charge on any atom is -0.391 e. The van der Waals surface area contributed by atoms with E-state index in [1.807, 2.05) is 6.07 Å². The number of nitrogens with zero attached hydrogens (tertiary/aromatic N) is 3. The first kappa shape index (κ1) is 15.2. The second-order valence-corrected chi connectivity index (χ2v) is 6.39. The van der Waals surface area contributed by atoms with E-state index in [9.17, 15) is 9.90 Å². The molecule has 7 nitrogen and oxygen atoms in total. The lowest BCUT2D eigenvalue weighted by Gasteiger charge is -2.20. The van der Waals surface area contributed by atoms with E-state index in [-0.39, 0.29) is 12.5 Å². The van der Waals surface area contributed by atoms with E-state index in [0.29, 0.717) is 28.9 Å². The molecular weight excluding hydrogens is 332 g/mol. The molecule has 1 aromatic carbocycles. The van der Waals surface area contributed by atoms with E-state index >= 15 is 0 Å². The number of aromatic nitrogens is 3. The highest BCUT2D eigenvalue weighted by atomic mass is 35.5. The third kappa shape index (κ3) is 2.55. The van der Waals surface area contributed by atoms with Gasteiger partial charge in [-0.15, -0.1) is 0 Å². The Balaban J connectivity index is 1.68. The highest BCUT2D eigenvalue weighted by molar-refractivity contribution is 6.31. The van der Waals surface area contributed by atoms with Crippen molar-refractivity contribution in [3.05, 3.63) is 46.7 Å². The highest BCUT2D eigenvalue weighted by Gasteiger charge is 2.39. The zero-order valence-corrected chi connectivity index (χ0v) is 13.6. The summed E-state index contributed by atoms with van der Waals surface area (Å²) in [6, 6.07) is 6.71. The predicted octanol–water partition coefficient (Wildman–Crippen LogP) is 2.46. The van der Waals surface area contributed by atoms with Crippen LogP contribution in [0, 0.1) is 6.92 Å². The molecule has 8 heteroatoms. The number of aromatic amines is 1. The van der Waals surface area contributed by atoms with Gasteiger partial charge < -0.3 is 19.5 Å². The molecule has 1 saturated heterocycles. The average molecular weight is 347 g/mol. The quantitative estimate of drug-likeness (QED) is 0.743. The molecule has 0 unspecified atom stereocenters. The number of amides is 1. The Bertz CT molecular complexity index is 919. The van der Waals surface area contributed by atoms with Crippen molar-refractivity contribution in [1.29, 1.82) is 0 Å². The molecule has 3 heterocycles. The van der Waals surface area contributed by atoms with E-state index in [0.717, 1.165) is 10.9 Å². The third-order valence-corrected chi connectivity index (χ3v) is 4.42. The number of hydrogen-bond acceptors (Lipinski definition) is 5. The summed E-state index contributed by atoms with van der Waals surface area (Å²) in [5.41, 5.74) is 1.26. The minimum absolute atomic E-state index is 0.222. The first-order valence-electron chi connectivity index (χ1n) is 7.59. The van der Waals surface area contributed by atoms with Crippen molar-refractivity contribution in [3.8, 4) is 0 Å². The molecule has 0 spiro atoms. The number of β-amino-alcohol motifs (C(OH)–C–C–N with tert-alkyl or cyclic N) is 1. The molecule has 2 N–H and O–H groups in total. The molecular formula is C16H15ClN4O3. The fourth-order valence-electron chi connectivity index (χ4n) is 3.09. The summed E-state index contributed by atoms with van der Waals surface area (Å²) < 4.78 is 5.19. The Morgan fingerprint density at radius 3 is 3.04 bits per heavy atom. The number of aryl methyl sites for hydroxylation is 1. The van der Waals surface area contributed by atoms with Gasteiger partial charge in [-0.25, -0.2) is 0 Å². The molecule has 24 heavy (non-hydrogen) atoms. The van der Waals surface area contributed by atoms with E-state index in [2.05, 4.69) is 15.1 Å². The van der Waals surface area contributed by atoms with Gasteiger partial charge in [0.1, 0.15) is 11.7 Å². The minimum atomic E-state index is -0.620. The molecule has 1 aliphatic rings. The lowest BCUT2D eigenvalue weighted by molar-refractivity contribution is 0.0688. The van der Waals surface area contributed by atoms with Crippen LogP contribution in [0.2, 0.25) is 5.02 Å². The number of aliphatic hydroxyl groups excluding tert-OH is 1. The summed E-state index contributed by atoms with van der Waals surface area (Å²) >= 11 is 5.99. The van der Waals surface area contributed by atoms with Crippen molar-refractivity contribution < 1.29 is 14.4 Å². The number of likely N-dealkylation sites (tertiary alicyclic amines) is 1. The van der Waals surface area contributed by atoms with Crippen LogP contribution in [0.3, 0.4) is 0 Å². The van der Waals surface area contributed by atoms with Gasteiger partial charge in [-0.05, 0) is 31.2 Å². The van der Waals surface area contributed by atoms with Crippen LogP contribution in [0.15, 0.2) is 28.8 Å². The molecule has 0 radical (unpaired) electrons. The molecule has 0 bridgehead atoms. The number of rotatable bonds is 2. The normalized spacial score (nSPS) is 20.9.